The number of anilines is 1. The Morgan fingerprint density at radius 1 is 1.18 bits per heavy atom. The zero-order valence-corrected chi connectivity index (χ0v) is 16.6. The lowest BCUT2D eigenvalue weighted by Crippen LogP contribution is -2.48. The summed E-state index contributed by atoms with van der Waals surface area (Å²) in [5.74, 6) is -1.66. The normalized spacial score (nSPS) is 18.9. The lowest BCUT2D eigenvalue weighted by Gasteiger charge is -2.21. The van der Waals surface area contributed by atoms with Crippen LogP contribution in [0.25, 0.3) is 0 Å². The lowest BCUT2D eigenvalue weighted by atomic mass is 10.1. The molecule has 9 nitrogen and oxygen atoms in total. The molecule has 1 fully saturated rings. The first-order valence-corrected chi connectivity index (χ1v) is 10.8. The van der Waals surface area contributed by atoms with Crippen molar-refractivity contribution in [2.75, 3.05) is 23.4 Å². The van der Waals surface area contributed by atoms with Gasteiger partial charge in [0.05, 0.1) is 11.5 Å². The first-order chi connectivity index (χ1) is 13.2. The Balaban J connectivity index is 1.81. The molecule has 2 atom stereocenters. The molecule has 1 aliphatic heterocycles. The molecule has 10 heteroatoms. The van der Waals surface area contributed by atoms with Crippen LogP contribution in [0.4, 0.5) is 10.5 Å². The van der Waals surface area contributed by atoms with Crippen molar-refractivity contribution in [3.63, 3.8) is 0 Å². The quantitative estimate of drug-likeness (QED) is 0.566. The zero-order chi connectivity index (χ0) is 20.7. The van der Waals surface area contributed by atoms with Crippen molar-refractivity contribution in [1.29, 1.82) is 0 Å². The van der Waals surface area contributed by atoms with E-state index in [1.807, 2.05) is 6.07 Å². The van der Waals surface area contributed by atoms with E-state index >= 15 is 0 Å². The molecule has 1 saturated heterocycles. The van der Waals surface area contributed by atoms with E-state index in [0.29, 0.717) is 12.1 Å². The molecule has 1 aliphatic rings. The summed E-state index contributed by atoms with van der Waals surface area (Å²) in [6, 6.07) is 6.77. The summed E-state index contributed by atoms with van der Waals surface area (Å²) in [5.41, 5.74) is 0.571. The number of ether oxygens (including phenoxy) is 1. The van der Waals surface area contributed by atoms with Gasteiger partial charge in [-0.1, -0.05) is 32.0 Å². The first-order valence-electron chi connectivity index (χ1n) is 8.95. The summed E-state index contributed by atoms with van der Waals surface area (Å²) in [6.45, 7) is 2.93. The van der Waals surface area contributed by atoms with Crippen molar-refractivity contribution in [2.24, 2.45) is 5.92 Å². The maximum atomic E-state index is 12.3. The second-order valence-corrected chi connectivity index (χ2v) is 9.19. The van der Waals surface area contributed by atoms with Crippen LogP contribution in [-0.4, -0.2) is 56.5 Å². The van der Waals surface area contributed by atoms with Gasteiger partial charge in [-0.05, 0) is 24.5 Å². The Kier molecular flexibility index (Phi) is 7.38. The summed E-state index contributed by atoms with van der Waals surface area (Å²) < 4.78 is 27.8. The third kappa shape index (κ3) is 6.84. The van der Waals surface area contributed by atoms with Crippen molar-refractivity contribution in [2.45, 2.75) is 32.4 Å². The fourth-order valence-electron chi connectivity index (χ4n) is 2.73. The van der Waals surface area contributed by atoms with Crippen molar-refractivity contribution >= 4 is 33.4 Å². The van der Waals surface area contributed by atoms with Crippen LogP contribution in [-0.2, 0) is 24.2 Å². The largest absolute Gasteiger partial charge is 0.454 e. The SMILES string of the molecule is CC(C)[C@@H](NC(=O)Nc1ccccc1)C(=O)OCC(=O)N[C@@H]1CCS(=O)(=O)C1. The summed E-state index contributed by atoms with van der Waals surface area (Å²) in [4.78, 5) is 36.3. The van der Waals surface area contributed by atoms with Gasteiger partial charge in [-0.15, -0.1) is 0 Å². The number of esters is 1. The van der Waals surface area contributed by atoms with E-state index in [1.165, 1.54) is 0 Å². The van der Waals surface area contributed by atoms with Gasteiger partial charge in [-0.25, -0.2) is 18.0 Å². The van der Waals surface area contributed by atoms with Crippen LogP contribution in [0.5, 0.6) is 0 Å². The predicted molar refractivity (Wildman–Crippen MR) is 103 cm³/mol. The van der Waals surface area contributed by atoms with Crippen LogP contribution in [0.1, 0.15) is 20.3 Å². The van der Waals surface area contributed by atoms with Gasteiger partial charge in [-0.2, -0.15) is 0 Å². The average molecular weight is 411 g/mol. The van der Waals surface area contributed by atoms with Crippen LogP contribution in [0, 0.1) is 5.92 Å². The number of hydrogen-bond acceptors (Lipinski definition) is 6. The topological polar surface area (TPSA) is 131 Å². The van der Waals surface area contributed by atoms with E-state index < -0.39 is 46.4 Å². The molecule has 0 unspecified atom stereocenters. The van der Waals surface area contributed by atoms with Gasteiger partial charge in [0.1, 0.15) is 6.04 Å². The molecule has 0 aromatic heterocycles. The molecule has 0 saturated carbocycles. The Labute approximate surface area is 164 Å². The van der Waals surface area contributed by atoms with E-state index in [0.717, 1.165) is 0 Å². The van der Waals surface area contributed by atoms with Crippen molar-refractivity contribution in [3.8, 4) is 0 Å². The molecule has 28 heavy (non-hydrogen) atoms. The number of benzene rings is 1. The summed E-state index contributed by atoms with van der Waals surface area (Å²) >= 11 is 0. The van der Waals surface area contributed by atoms with Gasteiger partial charge in [0, 0.05) is 11.7 Å². The molecule has 1 aromatic rings. The van der Waals surface area contributed by atoms with E-state index in [-0.39, 0.29) is 17.4 Å². The molecule has 1 heterocycles. The van der Waals surface area contributed by atoms with E-state index in [9.17, 15) is 22.8 Å². The van der Waals surface area contributed by atoms with Crippen LogP contribution in [0.3, 0.4) is 0 Å². The van der Waals surface area contributed by atoms with Crippen LogP contribution in [0.15, 0.2) is 30.3 Å². The molecule has 0 radical (unpaired) electrons. The van der Waals surface area contributed by atoms with Gasteiger partial charge in [0.2, 0.25) is 0 Å². The fraction of sp³-hybridized carbons (Fsp3) is 0.500. The second-order valence-electron chi connectivity index (χ2n) is 6.96. The molecule has 0 spiro atoms. The Hall–Kier alpha value is -2.62. The number of sulfone groups is 1. The van der Waals surface area contributed by atoms with Gasteiger partial charge in [0.25, 0.3) is 5.91 Å². The standard InChI is InChI=1S/C18H25N3O6S/c1-12(2)16(21-18(24)20-13-6-4-3-5-7-13)17(23)27-10-15(22)19-14-8-9-28(25,26)11-14/h3-7,12,14,16H,8-11H2,1-2H3,(H,19,22)(H2,20,21,24)/t14-,16-/m1/s1. The Morgan fingerprint density at radius 3 is 2.43 bits per heavy atom. The second kappa shape index (κ2) is 9.54. The molecule has 0 bridgehead atoms. The van der Waals surface area contributed by atoms with Gasteiger partial charge >= 0.3 is 12.0 Å². The van der Waals surface area contributed by atoms with E-state index in [2.05, 4.69) is 16.0 Å². The fourth-order valence-corrected chi connectivity index (χ4v) is 4.41. The molecule has 2 rings (SSSR count). The van der Waals surface area contributed by atoms with Crippen LogP contribution in [0.2, 0.25) is 0 Å². The summed E-state index contributed by atoms with van der Waals surface area (Å²) in [6.07, 6.45) is 0.345. The van der Waals surface area contributed by atoms with Crippen LogP contribution >= 0.6 is 0 Å². The molecule has 3 N–H and O–H groups in total. The number of hydrogen-bond donors (Lipinski definition) is 3. The number of rotatable bonds is 7. The van der Waals surface area contributed by atoms with Gasteiger partial charge in [-0.3, -0.25) is 4.79 Å². The molecular formula is C18H25N3O6S. The van der Waals surface area contributed by atoms with Gasteiger partial charge < -0.3 is 20.7 Å². The highest BCUT2D eigenvalue weighted by atomic mass is 32.2. The number of para-hydroxylation sites is 1. The van der Waals surface area contributed by atoms with Crippen LogP contribution < -0.4 is 16.0 Å². The number of carbonyl (C=O) groups is 3. The maximum Gasteiger partial charge on any atom is 0.329 e. The zero-order valence-electron chi connectivity index (χ0n) is 15.8. The highest BCUT2D eigenvalue weighted by molar-refractivity contribution is 7.91. The third-order valence-corrected chi connectivity index (χ3v) is 5.95. The predicted octanol–water partition coefficient (Wildman–Crippen LogP) is 0.679. The minimum atomic E-state index is -3.11. The Morgan fingerprint density at radius 2 is 1.86 bits per heavy atom. The minimum absolute atomic E-state index is 0.0353. The number of carbonyl (C=O) groups excluding carboxylic acids is 3. The van der Waals surface area contributed by atoms with Crippen molar-refractivity contribution in [3.05, 3.63) is 30.3 Å². The van der Waals surface area contributed by atoms with E-state index in [1.54, 1.807) is 38.1 Å². The Bertz CT molecular complexity index is 810. The monoisotopic (exact) mass is 411 g/mol. The molecule has 0 aliphatic carbocycles. The smallest absolute Gasteiger partial charge is 0.329 e. The molecule has 154 valence electrons. The van der Waals surface area contributed by atoms with Crippen molar-refractivity contribution in [1.82, 2.24) is 10.6 Å². The molecular weight excluding hydrogens is 386 g/mol. The number of urea groups is 1. The summed E-state index contributed by atoms with van der Waals surface area (Å²) in [7, 11) is -3.11. The molecule has 1 aromatic carbocycles. The number of amides is 3. The van der Waals surface area contributed by atoms with E-state index in [4.69, 9.17) is 4.74 Å². The third-order valence-electron chi connectivity index (χ3n) is 4.18. The number of nitrogens with one attached hydrogen (secondary N) is 3. The molecule has 3 amide bonds. The first kappa shape index (κ1) is 21.7. The lowest BCUT2D eigenvalue weighted by molar-refractivity contribution is -0.151. The summed E-state index contributed by atoms with van der Waals surface area (Å²) in [5, 5.41) is 7.68. The highest BCUT2D eigenvalue weighted by Gasteiger charge is 2.30. The minimum Gasteiger partial charge on any atom is -0.454 e. The van der Waals surface area contributed by atoms with Gasteiger partial charge in [0.15, 0.2) is 16.4 Å². The average Bonchev–Trinajstić information content (AvgIpc) is 2.96. The maximum absolute atomic E-state index is 12.3. The van der Waals surface area contributed by atoms with Crippen molar-refractivity contribution < 1.29 is 27.5 Å². The highest BCUT2D eigenvalue weighted by Crippen LogP contribution is 2.11.